The van der Waals surface area contributed by atoms with Gasteiger partial charge in [-0.2, -0.15) is 0 Å². The zero-order valence-corrected chi connectivity index (χ0v) is 4.77. The predicted octanol–water partition coefficient (Wildman–Crippen LogP) is 1.20. The van der Waals surface area contributed by atoms with E-state index in [2.05, 4.69) is 13.2 Å². The zero-order chi connectivity index (χ0) is 6.73. The predicted molar refractivity (Wildman–Crippen MR) is 31.6 cm³/mol. The number of ketones is 1. The molecular weight excluding hydrogens is 104 g/mol. The summed E-state index contributed by atoms with van der Waals surface area (Å²) in [5, 5.41) is 8.39. The molecule has 2 heteroatoms. The number of carbonyl (C=O) groups excluding carboxylic acids is 1. The van der Waals surface area contributed by atoms with Gasteiger partial charge in [0.05, 0.1) is 0 Å². The average molecular weight is 112 g/mol. The first-order chi connectivity index (χ1) is 3.55. The minimum Gasteiger partial charge on any atom is -0.505 e. The number of Topliss-reactive ketones (excluding diaryl/α,β-unsaturated/α-hetero) is 1. The number of allylic oxidation sites excluding steroid dienone is 1. The third-order valence-corrected chi connectivity index (χ3v) is 0.650. The highest BCUT2D eigenvalue weighted by Gasteiger charge is 2.02. The SMILES string of the molecule is C=C(C)C(=O)C(=C)O. The molecule has 0 saturated heterocycles. The fraction of sp³-hybridized carbons (Fsp3) is 0.167. The summed E-state index contributed by atoms with van der Waals surface area (Å²) < 4.78 is 0. The molecule has 0 aromatic rings. The second kappa shape index (κ2) is 2.31. The Morgan fingerprint density at radius 3 is 1.88 bits per heavy atom. The van der Waals surface area contributed by atoms with Gasteiger partial charge in [-0.05, 0) is 12.5 Å². The number of rotatable bonds is 2. The van der Waals surface area contributed by atoms with Gasteiger partial charge < -0.3 is 5.11 Å². The molecule has 0 radical (unpaired) electrons. The highest BCUT2D eigenvalue weighted by Crippen LogP contribution is 1.95. The van der Waals surface area contributed by atoms with Gasteiger partial charge in [-0.1, -0.05) is 13.2 Å². The van der Waals surface area contributed by atoms with Crippen LogP contribution in [-0.4, -0.2) is 10.9 Å². The van der Waals surface area contributed by atoms with E-state index in [0.717, 1.165) is 0 Å². The van der Waals surface area contributed by atoms with Gasteiger partial charge in [0, 0.05) is 0 Å². The first-order valence-corrected chi connectivity index (χ1v) is 2.13. The van der Waals surface area contributed by atoms with E-state index in [1.165, 1.54) is 6.92 Å². The van der Waals surface area contributed by atoms with Crippen LogP contribution in [0.4, 0.5) is 0 Å². The molecule has 0 fully saturated rings. The topological polar surface area (TPSA) is 37.3 Å². The largest absolute Gasteiger partial charge is 0.505 e. The fourth-order valence-corrected chi connectivity index (χ4v) is 0.246. The molecule has 0 aliphatic heterocycles. The van der Waals surface area contributed by atoms with Crippen LogP contribution < -0.4 is 0 Å². The molecule has 0 amide bonds. The van der Waals surface area contributed by atoms with Gasteiger partial charge >= 0.3 is 0 Å². The van der Waals surface area contributed by atoms with Crippen LogP contribution in [0.2, 0.25) is 0 Å². The molecule has 0 aliphatic carbocycles. The van der Waals surface area contributed by atoms with Crippen LogP contribution in [0.1, 0.15) is 6.92 Å². The summed E-state index contributed by atoms with van der Waals surface area (Å²) in [6.45, 7) is 7.85. The van der Waals surface area contributed by atoms with Crippen LogP contribution in [0, 0.1) is 0 Å². The van der Waals surface area contributed by atoms with Gasteiger partial charge in [0.2, 0.25) is 5.78 Å². The Kier molecular flexibility index (Phi) is 2.00. The van der Waals surface area contributed by atoms with Crippen molar-refractivity contribution < 1.29 is 9.90 Å². The fourth-order valence-electron chi connectivity index (χ4n) is 0.246. The van der Waals surface area contributed by atoms with Gasteiger partial charge in [-0.25, -0.2) is 0 Å². The normalized spacial score (nSPS) is 8.12. The Balaban J connectivity index is 4.05. The van der Waals surface area contributed by atoms with Gasteiger partial charge in [0.1, 0.15) is 0 Å². The summed E-state index contributed by atoms with van der Waals surface area (Å²) >= 11 is 0. The molecule has 44 valence electrons. The molecule has 0 atom stereocenters. The minimum atomic E-state index is -0.481. The lowest BCUT2D eigenvalue weighted by atomic mass is 10.2. The van der Waals surface area contributed by atoms with Crippen molar-refractivity contribution in [3.63, 3.8) is 0 Å². The van der Waals surface area contributed by atoms with Crippen molar-refractivity contribution in [3.05, 3.63) is 24.5 Å². The Hall–Kier alpha value is -1.05. The van der Waals surface area contributed by atoms with Crippen LogP contribution in [0.5, 0.6) is 0 Å². The maximum Gasteiger partial charge on any atom is 0.221 e. The lowest BCUT2D eigenvalue weighted by Gasteiger charge is -1.91. The third-order valence-electron chi connectivity index (χ3n) is 0.650. The molecular formula is C6H8O2. The number of aliphatic hydroxyl groups is 1. The highest BCUT2D eigenvalue weighted by atomic mass is 16.3. The number of aliphatic hydroxyl groups excluding tert-OH is 1. The lowest BCUT2D eigenvalue weighted by molar-refractivity contribution is -0.114. The smallest absolute Gasteiger partial charge is 0.221 e. The monoisotopic (exact) mass is 112 g/mol. The van der Waals surface area contributed by atoms with Gasteiger partial charge in [-0.3, -0.25) is 4.79 Å². The first kappa shape index (κ1) is 6.95. The summed E-state index contributed by atoms with van der Waals surface area (Å²) in [7, 11) is 0. The number of hydrogen-bond donors (Lipinski definition) is 1. The average Bonchev–Trinajstić information content (AvgIpc) is 1.64. The Bertz CT molecular complexity index is 129. The lowest BCUT2D eigenvalue weighted by Crippen LogP contribution is -1.99. The summed E-state index contributed by atoms with van der Waals surface area (Å²) in [6, 6.07) is 0. The first-order valence-electron chi connectivity index (χ1n) is 2.13. The van der Waals surface area contributed by atoms with Gasteiger partial charge in [-0.15, -0.1) is 0 Å². The quantitative estimate of drug-likeness (QED) is 0.430. The van der Waals surface area contributed by atoms with E-state index in [-0.39, 0.29) is 0 Å². The molecule has 1 N–H and O–H groups in total. The van der Waals surface area contributed by atoms with E-state index in [0.29, 0.717) is 5.57 Å². The molecule has 0 aromatic carbocycles. The maximum atomic E-state index is 10.4. The van der Waals surface area contributed by atoms with E-state index < -0.39 is 11.5 Å². The summed E-state index contributed by atoms with van der Waals surface area (Å²) in [4.78, 5) is 10.4. The molecule has 0 spiro atoms. The zero-order valence-electron chi connectivity index (χ0n) is 4.77. The molecule has 0 heterocycles. The molecule has 2 nitrogen and oxygen atoms in total. The summed E-state index contributed by atoms with van der Waals surface area (Å²) in [6.07, 6.45) is 0. The van der Waals surface area contributed by atoms with Crippen LogP contribution in [0.15, 0.2) is 24.5 Å². The van der Waals surface area contributed by atoms with E-state index >= 15 is 0 Å². The van der Waals surface area contributed by atoms with Crippen LogP contribution in [-0.2, 0) is 4.79 Å². The molecule has 0 rings (SSSR count). The van der Waals surface area contributed by atoms with Crippen molar-refractivity contribution in [1.29, 1.82) is 0 Å². The molecule has 0 aliphatic rings. The van der Waals surface area contributed by atoms with Crippen LogP contribution in [0.25, 0.3) is 0 Å². The number of hydrogen-bond acceptors (Lipinski definition) is 2. The molecule has 0 saturated carbocycles. The van der Waals surface area contributed by atoms with E-state index in [9.17, 15) is 4.79 Å². The molecule has 0 bridgehead atoms. The van der Waals surface area contributed by atoms with Crippen molar-refractivity contribution >= 4 is 5.78 Å². The second-order valence-electron chi connectivity index (χ2n) is 1.56. The van der Waals surface area contributed by atoms with Crippen molar-refractivity contribution in [2.24, 2.45) is 0 Å². The molecule has 8 heavy (non-hydrogen) atoms. The molecule has 0 unspecified atom stereocenters. The minimum absolute atomic E-state index is 0.303. The van der Waals surface area contributed by atoms with Crippen molar-refractivity contribution in [2.75, 3.05) is 0 Å². The van der Waals surface area contributed by atoms with Crippen LogP contribution >= 0.6 is 0 Å². The summed E-state index contributed by atoms with van der Waals surface area (Å²) in [5.74, 6) is -0.928. The molecule has 0 aromatic heterocycles. The van der Waals surface area contributed by atoms with Gasteiger partial charge in [0.15, 0.2) is 5.76 Å². The van der Waals surface area contributed by atoms with Crippen molar-refractivity contribution in [3.8, 4) is 0 Å². The third kappa shape index (κ3) is 1.60. The summed E-state index contributed by atoms with van der Waals surface area (Å²) in [5.41, 5.74) is 0.303. The van der Waals surface area contributed by atoms with Crippen LogP contribution in [0.3, 0.4) is 0 Å². The van der Waals surface area contributed by atoms with Gasteiger partial charge in [0.25, 0.3) is 0 Å². The van der Waals surface area contributed by atoms with E-state index in [4.69, 9.17) is 5.11 Å². The van der Waals surface area contributed by atoms with E-state index in [1.54, 1.807) is 0 Å². The number of carbonyl (C=O) groups is 1. The standard InChI is InChI=1S/C6H8O2/c1-4(2)6(8)5(3)7/h7H,1,3H2,2H3. The van der Waals surface area contributed by atoms with E-state index in [1.807, 2.05) is 0 Å². The Morgan fingerprint density at radius 1 is 1.50 bits per heavy atom. The highest BCUT2D eigenvalue weighted by molar-refractivity contribution is 6.05. The second-order valence-corrected chi connectivity index (χ2v) is 1.56. The van der Waals surface area contributed by atoms with Crippen molar-refractivity contribution in [1.82, 2.24) is 0 Å². The Labute approximate surface area is 48.1 Å². The maximum absolute atomic E-state index is 10.4. The van der Waals surface area contributed by atoms with Crippen molar-refractivity contribution in [2.45, 2.75) is 6.92 Å². The Morgan fingerprint density at radius 2 is 1.88 bits per heavy atom.